The zero-order chi connectivity index (χ0) is 25.6. The van der Waals surface area contributed by atoms with Crippen LogP contribution in [0.15, 0.2) is 30.5 Å². The minimum absolute atomic E-state index is 0.0392. The van der Waals surface area contributed by atoms with Crippen molar-refractivity contribution in [2.45, 2.75) is 53.1 Å². The first-order valence-electron chi connectivity index (χ1n) is 10.9. The van der Waals surface area contributed by atoms with E-state index in [1.54, 1.807) is 26.0 Å². The molecule has 0 bridgehead atoms. The topological polar surface area (TPSA) is 91.8 Å². The van der Waals surface area contributed by atoms with Gasteiger partial charge >= 0.3 is 11.9 Å². The third kappa shape index (κ3) is 6.76. The Balaban J connectivity index is 2.16. The lowest BCUT2D eigenvalue weighted by atomic mass is 9.84. The standard InChI is InChI=1S/C25H29ClFNO6/c1-13(2)22(18-8-7-17(26)12-19(18)27)15(4)33-25(31)14(3)11-20(30)23-24(34-16(5)29)21(32-6)9-10-28-23/h7-10,12-15,22H,11H2,1-6H3/t14-,15+,22-/m1/s1. The highest BCUT2D eigenvalue weighted by atomic mass is 35.5. The van der Waals surface area contributed by atoms with Gasteiger partial charge in [0.25, 0.3) is 0 Å². The highest BCUT2D eigenvalue weighted by Gasteiger charge is 2.31. The van der Waals surface area contributed by atoms with Crippen LogP contribution in [0.25, 0.3) is 0 Å². The van der Waals surface area contributed by atoms with Crippen molar-refractivity contribution in [2.75, 3.05) is 7.11 Å². The van der Waals surface area contributed by atoms with Crippen LogP contribution in [0.1, 0.15) is 63.0 Å². The number of esters is 2. The van der Waals surface area contributed by atoms with Crippen LogP contribution in [-0.4, -0.2) is 35.9 Å². The summed E-state index contributed by atoms with van der Waals surface area (Å²) in [6.07, 6.45) is 0.451. The van der Waals surface area contributed by atoms with Crippen molar-refractivity contribution in [3.8, 4) is 11.5 Å². The van der Waals surface area contributed by atoms with Crippen LogP contribution >= 0.6 is 11.6 Å². The maximum atomic E-state index is 14.5. The van der Waals surface area contributed by atoms with Crippen molar-refractivity contribution in [3.63, 3.8) is 0 Å². The minimum Gasteiger partial charge on any atom is -0.493 e. The fourth-order valence-corrected chi connectivity index (χ4v) is 3.95. The number of carbonyl (C=O) groups is 3. The van der Waals surface area contributed by atoms with Crippen LogP contribution in [0, 0.1) is 17.7 Å². The van der Waals surface area contributed by atoms with Gasteiger partial charge in [-0.1, -0.05) is 38.4 Å². The van der Waals surface area contributed by atoms with Gasteiger partial charge in [-0.15, -0.1) is 0 Å². The molecule has 1 aromatic heterocycles. The predicted molar refractivity (Wildman–Crippen MR) is 125 cm³/mol. The molecule has 2 rings (SSSR count). The molecule has 0 radical (unpaired) electrons. The smallest absolute Gasteiger partial charge is 0.309 e. The number of pyridine rings is 1. The van der Waals surface area contributed by atoms with E-state index < -0.39 is 41.5 Å². The highest BCUT2D eigenvalue weighted by molar-refractivity contribution is 6.30. The van der Waals surface area contributed by atoms with E-state index in [1.165, 1.54) is 32.4 Å². The summed E-state index contributed by atoms with van der Waals surface area (Å²) < 4.78 is 30.4. The SMILES string of the molecule is COc1ccnc(C(=O)C[C@@H](C)C(=O)O[C@@H](C)[C@H](c2ccc(Cl)cc2F)C(C)C)c1OC(C)=O. The number of hydrogen-bond acceptors (Lipinski definition) is 7. The van der Waals surface area contributed by atoms with Crippen LogP contribution in [0.4, 0.5) is 4.39 Å². The van der Waals surface area contributed by atoms with Crippen molar-refractivity contribution in [1.29, 1.82) is 0 Å². The van der Waals surface area contributed by atoms with Crippen LogP contribution in [0.5, 0.6) is 11.5 Å². The Morgan fingerprint density at radius 3 is 2.35 bits per heavy atom. The number of nitrogens with zero attached hydrogens (tertiary/aromatic N) is 1. The number of aromatic nitrogens is 1. The van der Waals surface area contributed by atoms with Gasteiger partial charge in [0.15, 0.2) is 17.2 Å². The minimum atomic E-state index is -0.823. The molecule has 0 fully saturated rings. The molecule has 1 heterocycles. The third-order valence-corrected chi connectivity index (χ3v) is 5.57. The molecule has 0 aliphatic rings. The molecule has 2 aromatic rings. The molecule has 0 unspecified atom stereocenters. The van der Waals surface area contributed by atoms with E-state index >= 15 is 0 Å². The van der Waals surface area contributed by atoms with Gasteiger partial charge in [-0.25, -0.2) is 9.37 Å². The third-order valence-electron chi connectivity index (χ3n) is 5.34. The Kier molecular flexibility index (Phi) is 9.55. The molecule has 0 saturated carbocycles. The average Bonchev–Trinajstić information content (AvgIpc) is 2.74. The van der Waals surface area contributed by atoms with Gasteiger partial charge in [-0.3, -0.25) is 14.4 Å². The molecular formula is C25H29ClFNO6. The van der Waals surface area contributed by atoms with Gasteiger partial charge in [0.2, 0.25) is 5.75 Å². The van der Waals surface area contributed by atoms with E-state index in [4.69, 9.17) is 25.8 Å². The van der Waals surface area contributed by atoms with E-state index in [9.17, 15) is 18.8 Å². The zero-order valence-corrected chi connectivity index (χ0v) is 20.8. The first kappa shape index (κ1) is 27.2. The van der Waals surface area contributed by atoms with Crippen LogP contribution < -0.4 is 9.47 Å². The first-order chi connectivity index (χ1) is 16.0. The molecular weight excluding hydrogens is 465 g/mol. The molecule has 34 heavy (non-hydrogen) atoms. The Hall–Kier alpha value is -3.00. The second-order valence-corrected chi connectivity index (χ2v) is 8.83. The Morgan fingerprint density at radius 1 is 1.12 bits per heavy atom. The van der Waals surface area contributed by atoms with E-state index in [-0.39, 0.29) is 34.6 Å². The molecule has 0 saturated heterocycles. The molecule has 0 aliphatic heterocycles. The number of ether oxygens (including phenoxy) is 3. The maximum Gasteiger partial charge on any atom is 0.309 e. The molecule has 9 heteroatoms. The molecule has 1 aromatic carbocycles. The maximum absolute atomic E-state index is 14.5. The van der Waals surface area contributed by atoms with Crippen molar-refractivity contribution in [3.05, 3.63) is 52.6 Å². The van der Waals surface area contributed by atoms with Gasteiger partial charge < -0.3 is 14.2 Å². The lowest BCUT2D eigenvalue weighted by molar-refractivity contribution is -0.154. The monoisotopic (exact) mass is 493 g/mol. The molecule has 0 amide bonds. The quantitative estimate of drug-likeness (QED) is 0.323. The van der Waals surface area contributed by atoms with E-state index in [0.717, 1.165) is 0 Å². The Morgan fingerprint density at radius 2 is 1.79 bits per heavy atom. The highest BCUT2D eigenvalue weighted by Crippen LogP contribution is 2.34. The normalized spacial score (nSPS) is 13.7. The van der Waals surface area contributed by atoms with Crippen LogP contribution in [0.3, 0.4) is 0 Å². The molecule has 0 N–H and O–H groups in total. The van der Waals surface area contributed by atoms with Gasteiger partial charge in [-0.2, -0.15) is 0 Å². The van der Waals surface area contributed by atoms with Crippen molar-refractivity contribution >= 4 is 29.3 Å². The lowest BCUT2D eigenvalue weighted by Crippen LogP contribution is -2.30. The Bertz CT molecular complexity index is 1060. The number of ketones is 1. The van der Waals surface area contributed by atoms with Gasteiger partial charge in [-0.05, 0) is 30.5 Å². The van der Waals surface area contributed by atoms with Crippen LogP contribution in [-0.2, 0) is 14.3 Å². The summed E-state index contributed by atoms with van der Waals surface area (Å²) in [6.45, 7) is 8.23. The number of methoxy groups -OCH3 is 1. The van der Waals surface area contributed by atoms with Gasteiger partial charge in [0, 0.05) is 36.5 Å². The number of carbonyl (C=O) groups excluding carboxylic acids is 3. The number of Topliss-reactive ketones (excluding diaryl/α,β-unsaturated/α-hetero) is 1. The number of halogens is 2. The summed E-state index contributed by atoms with van der Waals surface area (Å²) in [6, 6.07) is 5.86. The lowest BCUT2D eigenvalue weighted by Gasteiger charge is -2.29. The predicted octanol–water partition coefficient (Wildman–Crippen LogP) is 5.39. The summed E-state index contributed by atoms with van der Waals surface area (Å²) >= 11 is 5.87. The Labute approximate surface area is 203 Å². The van der Waals surface area contributed by atoms with Gasteiger partial charge in [0.05, 0.1) is 13.0 Å². The van der Waals surface area contributed by atoms with Gasteiger partial charge in [0.1, 0.15) is 11.9 Å². The zero-order valence-electron chi connectivity index (χ0n) is 20.1. The number of benzene rings is 1. The van der Waals surface area contributed by atoms with E-state index in [0.29, 0.717) is 5.56 Å². The first-order valence-corrected chi connectivity index (χ1v) is 11.2. The summed E-state index contributed by atoms with van der Waals surface area (Å²) in [7, 11) is 1.37. The summed E-state index contributed by atoms with van der Waals surface area (Å²) in [5.41, 5.74) is 0.278. The van der Waals surface area contributed by atoms with Crippen LogP contribution in [0.2, 0.25) is 5.02 Å². The fraction of sp³-hybridized carbons (Fsp3) is 0.440. The van der Waals surface area contributed by atoms with E-state index in [1.807, 2.05) is 13.8 Å². The summed E-state index contributed by atoms with van der Waals surface area (Å²) in [5, 5.41) is 0.278. The molecule has 0 aliphatic carbocycles. The average molecular weight is 494 g/mol. The molecule has 3 atom stereocenters. The molecule has 0 spiro atoms. The number of hydrogen-bond donors (Lipinski definition) is 0. The molecule has 184 valence electrons. The summed E-state index contributed by atoms with van der Waals surface area (Å²) in [4.78, 5) is 41.1. The largest absolute Gasteiger partial charge is 0.493 e. The van der Waals surface area contributed by atoms with Crippen molar-refractivity contribution in [2.24, 2.45) is 11.8 Å². The second kappa shape index (κ2) is 11.9. The van der Waals surface area contributed by atoms with E-state index in [2.05, 4.69) is 4.98 Å². The second-order valence-electron chi connectivity index (χ2n) is 8.39. The van der Waals surface area contributed by atoms with Crippen molar-refractivity contribution < 1.29 is 33.0 Å². The molecule has 7 nitrogen and oxygen atoms in total. The summed E-state index contributed by atoms with van der Waals surface area (Å²) in [5.74, 6) is -3.46. The van der Waals surface area contributed by atoms with Crippen molar-refractivity contribution in [1.82, 2.24) is 4.98 Å². The fourth-order valence-electron chi connectivity index (χ4n) is 3.79. The number of rotatable bonds is 10.